The standard InChI is InChI=1S/C27H22ClN3O6/c1-15-7-12-21(36-2)20(13-15)31-25(33)22(28)23(26(31)34)29-19-6-4-5-17(14-19)24(32)30-18-10-8-16(9-11-18)27(35)37-3/h4-14,29H,1-3H3,(H,30,32). The quantitative estimate of drug-likeness (QED) is 0.349. The maximum atomic E-state index is 13.2. The molecule has 2 N–H and O–H groups in total. The number of halogens is 1. The molecule has 9 nitrogen and oxygen atoms in total. The molecule has 1 aliphatic heterocycles. The van der Waals surface area contributed by atoms with E-state index in [0.29, 0.717) is 22.7 Å². The van der Waals surface area contributed by atoms with Crippen LogP contribution in [0.4, 0.5) is 17.1 Å². The Morgan fingerprint density at radius 1 is 0.865 bits per heavy atom. The predicted octanol–water partition coefficient (Wildman–Crippen LogP) is 4.48. The molecule has 0 unspecified atom stereocenters. The van der Waals surface area contributed by atoms with Gasteiger partial charge >= 0.3 is 5.97 Å². The molecular formula is C27H22ClN3O6. The number of carbonyl (C=O) groups excluding carboxylic acids is 4. The van der Waals surface area contributed by atoms with Gasteiger partial charge in [-0.2, -0.15) is 0 Å². The van der Waals surface area contributed by atoms with E-state index in [1.807, 2.05) is 6.92 Å². The average Bonchev–Trinajstić information content (AvgIpc) is 3.11. The van der Waals surface area contributed by atoms with Crippen LogP contribution < -0.4 is 20.3 Å². The fraction of sp³-hybridized carbons (Fsp3) is 0.111. The lowest BCUT2D eigenvalue weighted by molar-refractivity contribution is -0.120. The van der Waals surface area contributed by atoms with Crippen molar-refractivity contribution in [2.75, 3.05) is 29.8 Å². The lowest BCUT2D eigenvalue weighted by Gasteiger charge is -2.18. The first-order chi connectivity index (χ1) is 17.7. The molecule has 37 heavy (non-hydrogen) atoms. The Kier molecular flexibility index (Phi) is 7.26. The van der Waals surface area contributed by atoms with E-state index < -0.39 is 23.7 Å². The van der Waals surface area contributed by atoms with E-state index in [4.69, 9.17) is 16.3 Å². The van der Waals surface area contributed by atoms with Crippen molar-refractivity contribution >= 4 is 52.4 Å². The van der Waals surface area contributed by atoms with Crippen LogP contribution in [-0.4, -0.2) is 37.9 Å². The van der Waals surface area contributed by atoms with Crippen LogP contribution in [-0.2, 0) is 14.3 Å². The summed E-state index contributed by atoms with van der Waals surface area (Å²) >= 11 is 6.26. The number of hydrogen-bond acceptors (Lipinski definition) is 7. The van der Waals surface area contributed by atoms with Crippen molar-refractivity contribution in [3.05, 3.63) is 94.1 Å². The topological polar surface area (TPSA) is 114 Å². The van der Waals surface area contributed by atoms with Gasteiger partial charge < -0.3 is 20.1 Å². The number of amides is 3. The first kappa shape index (κ1) is 25.5. The minimum absolute atomic E-state index is 0.119. The fourth-order valence-corrected chi connectivity index (χ4v) is 3.91. The molecule has 3 aromatic rings. The van der Waals surface area contributed by atoms with Crippen molar-refractivity contribution in [3.8, 4) is 5.75 Å². The number of methoxy groups -OCH3 is 2. The maximum Gasteiger partial charge on any atom is 0.337 e. The van der Waals surface area contributed by atoms with Gasteiger partial charge in [-0.05, 0) is 67.1 Å². The second-order valence-corrected chi connectivity index (χ2v) is 8.42. The van der Waals surface area contributed by atoms with Crippen LogP contribution >= 0.6 is 11.6 Å². The third-order valence-corrected chi connectivity index (χ3v) is 5.91. The van der Waals surface area contributed by atoms with Gasteiger partial charge in [-0.1, -0.05) is 23.7 Å². The van der Waals surface area contributed by atoms with Crippen molar-refractivity contribution < 1.29 is 28.7 Å². The summed E-state index contributed by atoms with van der Waals surface area (Å²) in [6.07, 6.45) is 0. The first-order valence-corrected chi connectivity index (χ1v) is 11.4. The molecule has 0 aromatic heterocycles. The minimum Gasteiger partial charge on any atom is -0.495 e. The van der Waals surface area contributed by atoms with Gasteiger partial charge in [0.25, 0.3) is 17.7 Å². The molecule has 10 heteroatoms. The van der Waals surface area contributed by atoms with Crippen LogP contribution in [0, 0.1) is 6.92 Å². The molecule has 3 aromatic carbocycles. The molecular weight excluding hydrogens is 498 g/mol. The Hall–Kier alpha value is -4.63. The zero-order valence-corrected chi connectivity index (χ0v) is 20.9. The van der Waals surface area contributed by atoms with Crippen LogP contribution in [0.15, 0.2) is 77.5 Å². The van der Waals surface area contributed by atoms with Gasteiger partial charge in [0.2, 0.25) is 0 Å². The van der Waals surface area contributed by atoms with Gasteiger partial charge in [-0.3, -0.25) is 14.4 Å². The third-order valence-electron chi connectivity index (χ3n) is 5.56. The summed E-state index contributed by atoms with van der Waals surface area (Å²) in [6, 6.07) is 17.7. The highest BCUT2D eigenvalue weighted by Crippen LogP contribution is 2.36. The number of ether oxygens (including phenoxy) is 2. The van der Waals surface area contributed by atoms with E-state index in [0.717, 1.165) is 10.5 Å². The molecule has 4 rings (SSSR count). The molecule has 0 saturated heterocycles. The average molecular weight is 520 g/mol. The number of anilines is 3. The van der Waals surface area contributed by atoms with Gasteiger partial charge in [0, 0.05) is 16.9 Å². The van der Waals surface area contributed by atoms with E-state index in [-0.39, 0.29) is 22.0 Å². The number of imide groups is 1. The van der Waals surface area contributed by atoms with Gasteiger partial charge in [0.1, 0.15) is 16.5 Å². The number of aryl methyl sites for hydroxylation is 1. The lowest BCUT2D eigenvalue weighted by Crippen LogP contribution is -2.32. The molecule has 0 fully saturated rings. The highest BCUT2D eigenvalue weighted by atomic mass is 35.5. The Labute approximate surface area is 217 Å². The molecule has 0 bridgehead atoms. The number of carbonyl (C=O) groups is 4. The number of esters is 1. The Morgan fingerprint density at radius 3 is 2.27 bits per heavy atom. The Bertz CT molecular complexity index is 1450. The minimum atomic E-state index is -0.692. The summed E-state index contributed by atoms with van der Waals surface area (Å²) in [5.74, 6) is -1.91. The largest absolute Gasteiger partial charge is 0.495 e. The highest BCUT2D eigenvalue weighted by Gasteiger charge is 2.40. The molecule has 0 radical (unpaired) electrons. The Morgan fingerprint density at radius 2 is 1.59 bits per heavy atom. The van der Waals surface area contributed by atoms with E-state index in [1.54, 1.807) is 48.5 Å². The van der Waals surface area contributed by atoms with Crippen molar-refractivity contribution in [1.82, 2.24) is 0 Å². The van der Waals surface area contributed by atoms with Gasteiger partial charge in [0.15, 0.2) is 0 Å². The number of rotatable bonds is 7. The van der Waals surface area contributed by atoms with E-state index >= 15 is 0 Å². The summed E-state index contributed by atoms with van der Waals surface area (Å²) < 4.78 is 9.98. The van der Waals surface area contributed by atoms with Crippen LogP contribution in [0.5, 0.6) is 5.75 Å². The molecule has 0 spiro atoms. The summed E-state index contributed by atoms with van der Waals surface area (Å²) in [5, 5.41) is 5.32. The Balaban J connectivity index is 1.52. The SMILES string of the molecule is COC(=O)c1ccc(NC(=O)c2cccc(NC3=C(Cl)C(=O)N(c4cc(C)ccc4OC)C3=O)c2)cc1. The lowest BCUT2D eigenvalue weighted by atomic mass is 10.1. The van der Waals surface area contributed by atoms with Crippen molar-refractivity contribution in [1.29, 1.82) is 0 Å². The van der Waals surface area contributed by atoms with E-state index in [1.165, 1.54) is 32.4 Å². The molecule has 1 heterocycles. The monoisotopic (exact) mass is 519 g/mol. The number of benzene rings is 3. The smallest absolute Gasteiger partial charge is 0.337 e. The molecule has 188 valence electrons. The summed E-state index contributed by atoms with van der Waals surface area (Å²) in [6.45, 7) is 1.83. The normalized spacial score (nSPS) is 13.0. The van der Waals surface area contributed by atoms with Gasteiger partial charge in [0.05, 0.1) is 25.5 Å². The molecule has 0 aliphatic carbocycles. The second-order valence-electron chi connectivity index (χ2n) is 8.04. The first-order valence-electron chi connectivity index (χ1n) is 11.0. The zero-order chi connectivity index (χ0) is 26.7. The van der Waals surface area contributed by atoms with Crippen LogP contribution in [0.3, 0.4) is 0 Å². The van der Waals surface area contributed by atoms with Gasteiger partial charge in [-0.25, -0.2) is 9.69 Å². The van der Waals surface area contributed by atoms with E-state index in [2.05, 4.69) is 15.4 Å². The third kappa shape index (κ3) is 5.17. The maximum absolute atomic E-state index is 13.2. The fourth-order valence-electron chi connectivity index (χ4n) is 3.70. The number of hydrogen-bond donors (Lipinski definition) is 2. The highest BCUT2D eigenvalue weighted by molar-refractivity contribution is 6.53. The summed E-state index contributed by atoms with van der Waals surface area (Å²) in [7, 11) is 2.73. The van der Waals surface area contributed by atoms with Crippen molar-refractivity contribution in [2.45, 2.75) is 6.92 Å². The summed E-state index contributed by atoms with van der Waals surface area (Å²) in [5.41, 5.74) is 2.47. The second kappa shape index (κ2) is 10.5. The predicted molar refractivity (Wildman–Crippen MR) is 139 cm³/mol. The van der Waals surface area contributed by atoms with Crippen LogP contribution in [0.1, 0.15) is 26.3 Å². The molecule has 1 aliphatic rings. The van der Waals surface area contributed by atoms with E-state index in [9.17, 15) is 19.2 Å². The zero-order valence-electron chi connectivity index (χ0n) is 20.1. The number of nitrogens with zero attached hydrogens (tertiary/aromatic N) is 1. The number of nitrogens with one attached hydrogen (secondary N) is 2. The van der Waals surface area contributed by atoms with Crippen LogP contribution in [0.25, 0.3) is 0 Å². The molecule has 0 atom stereocenters. The molecule has 3 amide bonds. The van der Waals surface area contributed by atoms with Crippen LogP contribution in [0.2, 0.25) is 0 Å². The van der Waals surface area contributed by atoms with Gasteiger partial charge in [-0.15, -0.1) is 0 Å². The summed E-state index contributed by atoms with van der Waals surface area (Å²) in [4.78, 5) is 51.4. The van der Waals surface area contributed by atoms with Crippen molar-refractivity contribution in [2.24, 2.45) is 0 Å². The molecule has 0 saturated carbocycles. The van der Waals surface area contributed by atoms with Crippen molar-refractivity contribution in [3.63, 3.8) is 0 Å².